The zero-order valence-corrected chi connectivity index (χ0v) is 20.0. The first-order valence-corrected chi connectivity index (χ1v) is 10.9. The smallest absolute Gasteiger partial charge is 0.272 e. The van der Waals surface area contributed by atoms with Gasteiger partial charge in [-0.15, -0.1) is 0 Å². The van der Waals surface area contributed by atoms with Gasteiger partial charge in [0, 0.05) is 23.4 Å². The molecule has 0 aliphatic carbocycles. The number of rotatable bonds is 7. The maximum absolute atomic E-state index is 13.1. The van der Waals surface area contributed by atoms with E-state index in [1.165, 1.54) is 24.3 Å². The molecule has 2 N–H and O–H groups in total. The predicted octanol–water partition coefficient (Wildman–Crippen LogP) is 5.31. The number of ether oxygens (including phenoxy) is 1. The second kappa shape index (κ2) is 10.6. The molecule has 0 aliphatic rings. The van der Waals surface area contributed by atoms with Gasteiger partial charge in [-0.1, -0.05) is 45.0 Å². The van der Waals surface area contributed by atoms with Crippen molar-refractivity contribution in [1.82, 2.24) is 5.32 Å². The van der Waals surface area contributed by atoms with Gasteiger partial charge in [-0.25, -0.2) is 0 Å². The number of hydrogen-bond donors (Lipinski definition) is 2. The van der Waals surface area contributed by atoms with Crippen molar-refractivity contribution >= 4 is 29.3 Å². The number of hydrogen-bond acceptors (Lipinski definition) is 5. The van der Waals surface area contributed by atoms with Crippen LogP contribution < -0.4 is 15.4 Å². The Bertz CT molecular complexity index is 1240. The van der Waals surface area contributed by atoms with E-state index in [4.69, 9.17) is 4.74 Å². The molecule has 0 fully saturated rings. The van der Waals surface area contributed by atoms with Gasteiger partial charge < -0.3 is 15.4 Å². The average molecular weight is 474 g/mol. The predicted molar refractivity (Wildman–Crippen MR) is 135 cm³/mol. The second-order valence-corrected chi connectivity index (χ2v) is 8.87. The van der Waals surface area contributed by atoms with Gasteiger partial charge in [0.1, 0.15) is 11.4 Å². The molecule has 0 saturated carbocycles. The molecule has 0 saturated heterocycles. The minimum absolute atomic E-state index is 0.0124. The van der Waals surface area contributed by atoms with Crippen LogP contribution in [0.4, 0.5) is 11.4 Å². The standard InChI is InChI=1S/C27H27N3O5/c1-27(2,3)20-9-7-19(8-10-20)25(31)29-24(17-18-5-15-23(35-4)16-6-18)26(32)28-21-11-13-22(14-12-21)30(33)34/h5-17H,1-4H3,(H,28,32)(H,29,31)/b24-17+. The molecule has 3 aromatic rings. The zero-order chi connectivity index (χ0) is 25.6. The van der Waals surface area contributed by atoms with Crippen LogP contribution in [0.25, 0.3) is 6.08 Å². The van der Waals surface area contributed by atoms with Crippen molar-refractivity contribution < 1.29 is 19.2 Å². The fourth-order valence-corrected chi connectivity index (χ4v) is 3.21. The molecule has 180 valence electrons. The molecule has 0 atom stereocenters. The lowest BCUT2D eigenvalue weighted by atomic mass is 9.87. The summed E-state index contributed by atoms with van der Waals surface area (Å²) in [5, 5.41) is 16.2. The molecule has 0 aliphatic heterocycles. The van der Waals surface area contributed by atoms with E-state index in [1.807, 2.05) is 12.1 Å². The fourth-order valence-electron chi connectivity index (χ4n) is 3.21. The number of anilines is 1. The third-order valence-electron chi connectivity index (χ3n) is 5.27. The number of methoxy groups -OCH3 is 1. The summed E-state index contributed by atoms with van der Waals surface area (Å²) in [5.41, 5.74) is 2.37. The van der Waals surface area contributed by atoms with Gasteiger partial charge in [0.2, 0.25) is 0 Å². The van der Waals surface area contributed by atoms with E-state index in [2.05, 4.69) is 31.4 Å². The van der Waals surface area contributed by atoms with Gasteiger partial charge in [0.15, 0.2) is 0 Å². The van der Waals surface area contributed by atoms with Gasteiger partial charge in [-0.2, -0.15) is 0 Å². The summed E-state index contributed by atoms with van der Waals surface area (Å²) in [4.78, 5) is 36.4. The maximum Gasteiger partial charge on any atom is 0.272 e. The molecule has 8 nitrogen and oxygen atoms in total. The molecule has 0 bridgehead atoms. The molecule has 3 aromatic carbocycles. The van der Waals surface area contributed by atoms with Crippen LogP contribution in [-0.2, 0) is 10.2 Å². The van der Waals surface area contributed by atoms with Crippen LogP contribution in [0, 0.1) is 10.1 Å². The molecule has 0 aromatic heterocycles. The van der Waals surface area contributed by atoms with E-state index < -0.39 is 16.7 Å². The van der Waals surface area contributed by atoms with E-state index in [0.717, 1.165) is 5.56 Å². The fraction of sp³-hybridized carbons (Fsp3) is 0.185. The first kappa shape index (κ1) is 25.2. The van der Waals surface area contributed by atoms with Crippen LogP contribution in [0.3, 0.4) is 0 Å². The highest BCUT2D eigenvalue weighted by atomic mass is 16.6. The summed E-state index contributed by atoms with van der Waals surface area (Å²) in [6, 6.07) is 19.6. The number of non-ortho nitro benzene ring substituents is 1. The van der Waals surface area contributed by atoms with E-state index in [-0.39, 0.29) is 16.8 Å². The summed E-state index contributed by atoms with van der Waals surface area (Å²) in [7, 11) is 1.55. The van der Waals surface area contributed by atoms with Gasteiger partial charge in [0.05, 0.1) is 12.0 Å². The molecular weight excluding hydrogens is 446 g/mol. The molecule has 0 spiro atoms. The van der Waals surface area contributed by atoms with Gasteiger partial charge in [0.25, 0.3) is 17.5 Å². The Morgan fingerprint density at radius 2 is 1.51 bits per heavy atom. The zero-order valence-electron chi connectivity index (χ0n) is 20.0. The number of benzene rings is 3. The molecule has 0 radical (unpaired) electrons. The van der Waals surface area contributed by atoms with E-state index in [0.29, 0.717) is 22.6 Å². The van der Waals surface area contributed by atoms with Gasteiger partial charge in [-0.05, 0) is 59.0 Å². The lowest BCUT2D eigenvalue weighted by Gasteiger charge is -2.19. The van der Waals surface area contributed by atoms with Crippen LogP contribution >= 0.6 is 0 Å². The van der Waals surface area contributed by atoms with Crippen molar-refractivity contribution in [2.75, 3.05) is 12.4 Å². The SMILES string of the molecule is COc1ccc(/C=C(/NC(=O)c2ccc(C(C)(C)C)cc2)C(=O)Nc2ccc([N+](=O)[O-])cc2)cc1. The van der Waals surface area contributed by atoms with Crippen LogP contribution in [0.5, 0.6) is 5.75 Å². The van der Waals surface area contributed by atoms with E-state index in [1.54, 1.807) is 49.6 Å². The first-order chi connectivity index (χ1) is 16.6. The highest BCUT2D eigenvalue weighted by molar-refractivity contribution is 6.10. The Morgan fingerprint density at radius 1 is 0.914 bits per heavy atom. The molecular formula is C27H27N3O5. The third kappa shape index (κ3) is 6.77. The number of amides is 2. The minimum atomic E-state index is -0.575. The van der Waals surface area contributed by atoms with Crippen molar-refractivity contribution in [1.29, 1.82) is 0 Å². The lowest BCUT2D eigenvalue weighted by Crippen LogP contribution is -2.30. The van der Waals surface area contributed by atoms with Crippen molar-refractivity contribution in [3.8, 4) is 5.75 Å². The van der Waals surface area contributed by atoms with E-state index >= 15 is 0 Å². The topological polar surface area (TPSA) is 111 Å². The minimum Gasteiger partial charge on any atom is -0.497 e. The molecule has 35 heavy (non-hydrogen) atoms. The van der Waals surface area contributed by atoms with Crippen LogP contribution in [0.1, 0.15) is 42.3 Å². The molecule has 3 rings (SSSR count). The van der Waals surface area contributed by atoms with Crippen molar-refractivity contribution in [2.45, 2.75) is 26.2 Å². The summed E-state index contributed by atoms with van der Waals surface area (Å²) in [6.45, 7) is 6.25. The quantitative estimate of drug-likeness (QED) is 0.274. The van der Waals surface area contributed by atoms with Gasteiger partial charge in [-0.3, -0.25) is 19.7 Å². The Balaban J connectivity index is 1.86. The van der Waals surface area contributed by atoms with Crippen molar-refractivity contribution in [3.63, 3.8) is 0 Å². The Labute approximate surface area is 203 Å². The Kier molecular flexibility index (Phi) is 7.66. The number of nitrogens with one attached hydrogen (secondary N) is 2. The summed E-state index contributed by atoms with van der Waals surface area (Å²) < 4.78 is 5.17. The monoisotopic (exact) mass is 473 g/mol. The van der Waals surface area contributed by atoms with Crippen molar-refractivity contribution in [3.05, 3.63) is 105 Å². The molecule has 0 unspecified atom stereocenters. The number of nitrogens with zero attached hydrogens (tertiary/aromatic N) is 1. The molecule has 0 heterocycles. The van der Waals surface area contributed by atoms with Crippen LogP contribution in [0.15, 0.2) is 78.5 Å². The van der Waals surface area contributed by atoms with Crippen LogP contribution in [0.2, 0.25) is 0 Å². The van der Waals surface area contributed by atoms with Crippen LogP contribution in [-0.4, -0.2) is 23.8 Å². The maximum atomic E-state index is 13.1. The molecule has 2 amide bonds. The summed E-state index contributed by atoms with van der Waals surface area (Å²) in [5.74, 6) is -0.361. The lowest BCUT2D eigenvalue weighted by molar-refractivity contribution is -0.384. The first-order valence-electron chi connectivity index (χ1n) is 10.9. The normalized spacial score (nSPS) is 11.5. The highest BCUT2D eigenvalue weighted by Gasteiger charge is 2.18. The third-order valence-corrected chi connectivity index (χ3v) is 5.27. The second-order valence-electron chi connectivity index (χ2n) is 8.87. The Hall–Kier alpha value is -4.46. The highest BCUT2D eigenvalue weighted by Crippen LogP contribution is 2.22. The summed E-state index contributed by atoms with van der Waals surface area (Å²) >= 11 is 0. The number of nitro groups is 1. The molecule has 8 heteroatoms. The van der Waals surface area contributed by atoms with Gasteiger partial charge >= 0.3 is 0 Å². The average Bonchev–Trinajstić information content (AvgIpc) is 2.84. The number of nitro benzene ring substituents is 1. The van der Waals surface area contributed by atoms with E-state index in [9.17, 15) is 19.7 Å². The number of carbonyl (C=O) groups excluding carboxylic acids is 2. The largest absolute Gasteiger partial charge is 0.497 e. The Morgan fingerprint density at radius 3 is 2.03 bits per heavy atom. The van der Waals surface area contributed by atoms with Crippen molar-refractivity contribution in [2.24, 2.45) is 0 Å². The summed E-state index contributed by atoms with van der Waals surface area (Å²) in [6.07, 6.45) is 1.54. The number of carbonyl (C=O) groups is 2.